The summed E-state index contributed by atoms with van der Waals surface area (Å²) in [6, 6.07) is 2.13. The van der Waals surface area contributed by atoms with E-state index in [1.807, 2.05) is 11.8 Å². The van der Waals surface area contributed by atoms with Gasteiger partial charge in [-0.1, -0.05) is 19.8 Å². The van der Waals surface area contributed by atoms with Gasteiger partial charge in [0, 0.05) is 0 Å². The first-order valence-corrected chi connectivity index (χ1v) is 7.05. The first kappa shape index (κ1) is 14.8. The van der Waals surface area contributed by atoms with Gasteiger partial charge in [-0.15, -0.1) is 0 Å². The van der Waals surface area contributed by atoms with Gasteiger partial charge >= 0.3 is 0 Å². The van der Waals surface area contributed by atoms with Crippen LogP contribution >= 0.6 is 11.8 Å². The summed E-state index contributed by atoms with van der Waals surface area (Å²) in [6.45, 7) is 4.04. The van der Waals surface area contributed by atoms with Gasteiger partial charge in [-0.05, 0) is 44.1 Å². The molecule has 0 aromatic carbocycles. The third-order valence-electron chi connectivity index (χ3n) is 2.38. The summed E-state index contributed by atoms with van der Waals surface area (Å²) in [4.78, 5) is 0. The lowest BCUT2D eigenvalue weighted by Gasteiger charge is -2.14. The molecule has 0 amide bonds. The lowest BCUT2D eigenvalue weighted by Crippen LogP contribution is -2.33. The Morgan fingerprint density at radius 3 is 2.33 bits per heavy atom. The van der Waals surface area contributed by atoms with Crippen molar-refractivity contribution in [3.05, 3.63) is 0 Å². The number of nitrogens with two attached hydrogens (primary N) is 1. The molecule has 1 unspecified atom stereocenters. The normalized spacial score (nSPS) is 14.5. The second-order valence-electron chi connectivity index (χ2n) is 4.31. The molecule has 0 radical (unpaired) electrons. The summed E-state index contributed by atoms with van der Waals surface area (Å²) in [6.07, 6.45) is 7.07. The van der Waals surface area contributed by atoms with E-state index in [1.165, 1.54) is 37.2 Å². The third-order valence-corrected chi connectivity index (χ3v) is 3.54. The smallest absolute Gasteiger partial charge is 0.101 e. The van der Waals surface area contributed by atoms with Crippen molar-refractivity contribution in [1.29, 1.82) is 5.26 Å². The third kappa shape index (κ3) is 10.1. The number of rotatable bonds is 9. The number of thioether (sulfide) groups is 1. The number of nitrogens with zero attached hydrogens (tertiary/aromatic N) is 1. The topological polar surface area (TPSA) is 49.8 Å². The number of unbranched alkanes of at least 4 members (excludes halogenated alkanes) is 3. The van der Waals surface area contributed by atoms with Crippen LogP contribution in [0.25, 0.3) is 0 Å². The highest BCUT2D eigenvalue weighted by atomic mass is 32.2. The summed E-state index contributed by atoms with van der Waals surface area (Å²) in [5, 5.41) is 8.71. The maximum absolute atomic E-state index is 8.71. The van der Waals surface area contributed by atoms with Crippen molar-refractivity contribution in [1.82, 2.24) is 0 Å². The van der Waals surface area contributed by atoms with Crippen LogP contribution in [0.15, 0.2) is 0 Å². The average Bonchev–Trinajstić information content (AvgIpc) is 2.22. The standard InChI is InChI=1S/C12H24N2S/c1-3-4-6-9-15-10-7-5-8-12(2,14)11-13/h3-10,14H2,1-2H3. The summed E-state index contributed by atoms with van der Waals surface area (Å²) in [5.74, 6) is 2.50. The molecular weight excluding hydrogens is 204 g/mol. The molecule has 0 aliphatic rings. The van der Waals surface area contributed by atoms with Crippen LogP contribution in [-0.4, -0.2) is 17.0 Å². The molecule has 0 aliphatic carbocycles. The molecule has 0 aliphatic heterocycles. The molecule has 0 rings (SSSR count). The van der Waals surface area contributed by atoms with Gasteiger partial charge in [0.05, 0.1) is 6.07 Å². The van der Waals surface area contributed by atoms with E-state index in [0.29, 0.717) is 0 Å². The zero-order chi connectivity index (χ0) is 11.6. The van der Waals surface area contributed by atoms with Gasteiger partial charge in [-0.25, -0.2) is 0 Å². The predicted octanol–water partition coefficient (Wildman–Crippen LogP) is 3.32. The van der Waals surface area contributed by atoms with Gasteiger partial charge in [0.25, 0.3) is 0 Å². The van der Waals surface area contributed by atoms with Crippen molar-refractivity contribution in [3.63, 3.8) is 0 Å². The molecule has 0 saturated heterocycles. The molecule has 2 nitrogen and oxygen atoms in total. The fourth-order valence-corrected chi connectivity index (χ4v) is 2.33. The number of nitriles is 1. The van der Waals surface area contributed by atoms with Gasteiger partial charge in [0.1, 0.15) is 5.54 Å². The largest absolute Gasteiger partial charge is 0.314 e. The van der Waals surface area contributed by atoms with Crippen LogP contribution in [0.3, 0.4) is 0 Å². The molecular formula is C12H24N2S. The molecule has 0 aromatic rings. The fraction of sp³-hybridized carbons (Fsp3) is 0.917. The fourth-order valence-electron chi connectivity index (χ4n) is 1.31. The molecule has 0 aromatic heterocycles. The van der Waals surface area contributed by atoms with E-state index in [-0.39, 0.29) is 0 Å². The van der Waals surface area contributed by atoms with Crippen molar-refractivity contribution in [2.75, 3.05) is 11.5 Å². The SMILES string of the molecule is CCCCCSCCCCC(C)(N)C#N. The highest BCUT2D eigenvalue weighted by molar-refractivity contribution is 7.99. The van der Waals surface area contributed by atoms with Crippen LogP contribution in [0.1, 0.15) is 52.4 Å². The Bertz CT molecular complexity index is 185. The van der Waals surface area contributed by atoms with E-state index in [4.69, 9.17) is 11.0 Å². The lowest BCUT2D eigenvalue weighted by molar-refractivity contribution is 0.519. The summed E-state index contributed by atoms with van der Waals surface area (Å²) in [7, 11) is 0. The van der Waals surface area contributed by atoms with Gasteiger partial charge in [-0.2, -0.15) is 17.0 Å². The van der Waals surface area contributed by atoms with E-state index < -0.39 is 5.54 Å². The van der Waals surface area contributed by atoms with E-state index in [0.717, 1.165) is 12.8 Å². The van der Waals surface area contributed by atoms with Gasteiger partial charge in [0.15, 0.2) is 0 Å². The Labute approximate surface area is 98.6 Å². The minimum atomic E-state index is -0.618. The van der Waals surface area contributed by atoms with Gasteiger partial charge < -0.3 is 5.73 Å². The maximum Gasteiger partial charge on any atom is 0.101 e. The molecule has 0 bridgehead atoms. The maximum atomic E-state index is 8.71. The van der Waals surface area contributed by atoms with Crippen molar-refractivity contribution >= 4 is 11.8 Å². The first-order valence-electron chi connectivity index (χ1n) is 5.90. The summed E-state index contributed by atoms with van der Waals surface area (Å²) >= 11 is 2.03. The zero-order valence-corrected chi connectivity index (χ0v) is 10.9. The second-order valence-corrected chi connectivity index (χ2v) is 5.53. The van der Waals surface area contributed by atoms with Crippen molar-refractivity contribution in [2.45, 2.75) is 57.9 Å². The molecule has 0 saturated carbocycles. The molecule has 88 valence electrons. The van der Waals surface area contributed by atoms with Gasteiger partial charge in [0.2, 0.25) is 0 Å². The highest BCUT2D eigenvalue weighted by Gasteiger charge is 2.15. The van der Waals surface area contributed by atoms with Crippen molar-refractivity contribution in [2.24, 2.45) is 5.73 Å². The monoisotopic (exact) mass is 228 g/mol. The van der Waals surface area contributed by atoms with Crippen LogP contribution in [0.2, 0.25) is 0 Å². The number of hydrogen-bond acceptors (Lipinski definition) is 3. The van der Waals surface area contributed by atoms with Crippen molar-refractivity contribution < 1.29 is 0 Å². The minimum absolute atomic E-state index is 0.618. The predicted molar refractivity (Wildman–Crippen MR) is 68.9 cm³/mol. The Morgan fingerprint density at radius 2 is 1.80 bits per heavy atom. The van der Waals surface area contributed by atoms with E-state index in [9.17, 15) is 0 Å². The summed E-state index contributed by atoms with van der Waals surface area (Å²) < 4.78 is 0. The Kier molecular flexibility index (Phi) is 8.94. The molecule has 3 heteroatoms. The van der Waals surface area contributed by atoms with E-state index in [1.54, 1.807) is 6.92 Å². The second kappa shape index (κ2) is 9.06. The van der Waals surface area contributed by atoms with Crippen LogP contribution < -0.4 is 5.73 Å². The van der Waals surface area contributed by atoms with Crippen molar-refractivity contribution in [3.8, 4) is 6.07 Å². The highest BCUT2D eigenvalue weighted by Crippen LogP contribution is 2.13. The Balaban J connectivity index is 3.16. The molecule has 2 N–H and O–H groups in total. The molecule has 1 atom stereocenters. The van der Waals surface area contributed by atoms with Crippen LogP contribution in [-0.2, 0) is 0 Å². The molecule has 0 spiro atoms. The van der Waals surface area contributed by atoms with Gasteiger partial charge in [-0.3, -0.25) is 0 Å². The first-order chi connectivity index (χ1) is 7.12. The number of hydrogen-bond donors (Lipinski definition) is 1. The average molecular weight is 228 g/mol. The summed E-state index contributed by atoms with van der Waals surface area (Å²) in [5.41, 5.74) is 5.11. The molecule has 0 fully saturated rings. The zero-order valence-electron chi connectivity index (χ0n) is 10.1. The molecule has 0 heterocycles. The van der Waals surface area contributed by atoms with Crippen LogP contribution in [0.4, 0.5) is 0 Å². The Hall–Kier alpha value is -0.200. The van der Waals surface area contributed by atoms with E-state index >= 15 is 0 Å². The minimum Gasteiger partial charge on any atom is -0.314 e. The lowest BCUT2D eigenvalue weighted by atomic mass is 9.99. The quantitative estimate of drug-likeness (QED) is 0.616. The Morgan fingerprint density at radius 1 is 1.20 bits per heavy atom. The van der Waals surface area contributed by atoms with E-state index in [2.05, 4.69) is 13.0 Å². The van der Waals surface area contributed by atoms with Crippen LogP contribution in [0.5, 0.6) is 0 Å². The molecule has 15 heavy (non-hydrogen) atoms. The van der Waals surface area contributed by atoms with Crippen LogP contribution in [0, 0.1) is 11.3 Å².